The molecule has 0 saturated heterocycles. The van der Waals surface area contributed by atoms with E-state index >= 15 is 0 Å². The summed E-state index contributed by atoms with van der Waals surface area (Å²) in [5.74, 6) is -1.37. The summed E-state index contributed by atoms with van der Waals surface area (Å²) >= 11 is 0. The van der Waals surface area contributed by atoms with Crippen molar-refractivity contribution < 1.29 is 13.2 Å². The van der Waals surface area contributed by atoms with Gasteiger partial charge in [0.25, 0.3) is 6.01 Å². The van der Waals surface area contributed by atoms with Crippen molar-refractivity contribution in [3.05, 3.63) is 48.0 Å². The van der Waals surface area contributed by atoms with Gasteiger partial charge in [-0.05, 0) is 30.3 Å². The number of nitrogens with one attached hydrogen (secondary N) is 1. The van der Waals surface area contributed by atoms with Gasteiger partial charge in [-0.3, -0.25) is 0 Å². The van der Waals surface area contributed by atoms with Crippen LogP contribution in [0.15, 0.2) is 40.8 Å². The highest BCUT2D eigenvalue weighted by Crippen LogP contribution is 2.25. The molecule has 0 saturated carbocycles. The van der Waals surface area contributed by atoms with E-state index in [0.29, 0.717) is 16.8 Å². The van der Waals surface area contributed by atoms with Crippen LogP contribution in [0.5, 0.6) is 0 Å². The van der Waals surface area contributed by atoms with Crippen molar-refractivity contribution in [1.29, 1.82) is 0 Å². The Balaban J connectivity index is 1.96. The van der Waals surface area contributed by atoms with Crippen LogP contribution in [0.4, 0.5) is 26.2 Å². The van der Waals surface area contributed by atoms with Crippen molar-refractivity contribution in [3.63, 3.8) is 0 Å². The van der Waals surface area contributed by atoms with Crippen molar-refractivity contribution in [2.75, 3.05) is 11.1 Å². The Hall–Kier alpha value is -2.63. The number of oxazole rings is 1. The Morgan fingerprint density at radius 1 is 1.11 bits per heavy atom. The van der Waals surface area contributed by atoms with E-state index in [4.69, 9.17) is 10.2 Å². The molecule has 1 aromatic heterocycles. The standard InChI is InChI=1S/C13H9F2N3O/c14-7-1-3-10(9(15)5-7)17-13-18-11-6-8(16)2-4-12(11)19-13/h1-6H,16H2,(H,17,18). The SMILES string of the molecule is Nc1ccc2oc(Nc3ccc(F)cc3F)nc2c1. The lowest BCUT2D eigenvalue weighted by molar-refractivity contribution is 0.582. The molecule has 6 heteroatoms. The van der Waals surface area contributed by atoms with E-state index in [9.17, 15) is 8.78 Å². The summed E-state index contributed by atoms with van der Waals surface area (Å²) in [5, 5.41) is 2.65. The molecule has 0 amide bonds. The number of nitrogens with zero attached hydrogens (tertiary/aromatic N) is 1. The molecular formula is C13H9F2N3O. The molecule has 2 aromatic carbocycles. The van der Waals surface area contributed by atoms with Crippen LogP contribution in [-0.2, 0) is 0 Å². The van der Waals surface area contributed by atoms with Gasteiger partial charge < -0.3 is 15.5 Å². The lowest BCUT2D eigenvalue weighted by Crippen LogP contribution is -1.94. The fourth-order valence-corrected chi connectivity index (χ4v) is 1.70. The molecule has 3 aromatic rings. The van der Waals surface area contributed by atoms with E-state index in [-0.39, 0.29) is 11.7 Å². The van der Waals surface area contributed by atoms with Crippen LogP contribution in [0.3, 0.4) is 0 Å². The van der Waals surface area contributed by atoms with Crippen molar-refractivity contribution in [2.24, 2.45) is 0 Å². The first-order valence-corrected chi connectivity index (χ1v) is 5.50. The third-order valence-corrected chi connectivity index (χ3v) is 2.58. The smallest absolute Gasteiger partial charge is 0.300 e. The summed E-state index contributed by atoms with van der Waals surface area (Å²) in [5.41, 5.74) is 7.35. The van der Waals surface area contributed by atoms with Crippen molar-refractivity contribution in [3.8, 4) is 0 Å². The minimum Gasteiger partial charge on any atom is -0.423 e. The summed E-state index contributed by atoms with van der Waals surface area (Å²) in [4.78, 5) is 4.11. The van der Waals surface area contributed by atoms with Gasteiger partial charge in [-0.25, -0.2) is 8.78 Å². The van der Waals surface area contributed by atoms with Gasteiger partial charge in [0, 0.05) is 11.8 Å². The second kappa shape index (κ2) is 4.24. The molecule has 0 fully saturated rings. The average molecular weight is 261 g/mol. The number of halogens is 2. The third-order valence-electron chi connectivity index (χ3n) is 2.58. The van der Waals surface area contributed by atoms with Gasteiger partial charge in [-0.2, -0.15) is 4.98 Å². The molecule has 19 heavy (non-hydrogen) atoms. The number of aromatic nitrogens is 1. The first kappa shape index (κ1) is 11.5. The fraction of sp³-hybridized carbons (Fsp3) is 0. The van der Waals surface area contributed by atoms with Gasteiger partial charge in [0.15, 0.2) is 5.58 Å². The second-order valence-corrected chi connectivity index (χ2v) is 4.00. The molecule has 0 aliphatic heterocycles. The minimum absolute atomic E-state index is 0.0842. The first-order valence-electron chi connectivity index (χ1n) is 5.50. The molecule has 0 radical (unpaired) electrons. The maximum absolute atomic E-state index is 13.5. The summed E-state index contributed by atoms with van der Waals surface area (Å²) in [6.45, 7) is 0. The zero-order chi connectivity index (χ0) is 13.4. The molecule has 3 N–H and O–H groups in total. The number of hydrogen-bond acceptors (Lipinski definition) is 4. The van der Waals surface area contributed by atoms with Crippen LogP contribution in [-0.4, -0.2) is 4.98 Å². The first-order chi connectivity index (χ1) is 9.11. The van der Waals surface area contributed by atoms with Crippen molar-refractivity contribution in [1.82, 2.24) is 4.98 Å². The number of fused-ring (bicyclic) bond motifs is 1. The van der Waals surface area contributed by atoms with Crippen LogP contribution in [0, 0.1) is 11.6 Å². The number of rotatable bonds is 2. The van der Waals surface area contributed by atoms with E-state index in [2.05, 4.69) is 10.3 Å². The molecule has 0 aliphatic carbocycles. The van der Waals surface area contributed by atoms with Gasteiger partial charge in [0.2, 0.25) is 0 Å². The van der Waals surface area contributed by atoms with Crippen LogP contribution in [0.1, 0.15) is 0 Å². The van der Waals surface area contributed by atoms with Gasteiger partial charge in [0.1, 0.15) is 17.2 Å². The summed E-state index contributed by atoms with van der Waals surface area (Å²) in [6, 6.07) is 8.30. The van der Waals surface area contributed by atoms with E-state index in [1.165, 1.54) is 6.07 Å². The molecule has 0 aliphatic rings. The third kappa shape index (κ3) is 2.20. The Bertz CT molecular complexity index is 755. The van der Waals surface area contributed by atoms with E-state index in [1.54, 1.807) is 18.2 Å². The molecule has 0 bridgehead atoms. The van der Waals surface area contributed by atoms with E-state index < -0.39 is 11.6 Å². The predicted molar refractivity (Wildman–Crippen MR) is 68.1 cm³/mol. The van der Waals surface area contributed by atoms with Gasteiger partial charge in [-0.15, -0.1) is 0 Å². The molecule has 96 valence electrons. The Labute approximate surface area is 106 Å². The lowest BCUT2D eigenvalue weighted by atomic mass is 10.3. The molecule has 0 spiro atoms. The van der Waals surface area contributed by atoms with Gasteiger partial charge >= 0.3 is 0 Å². The van der Waals surface area contributed by atoms with E-state index in [1.807, 2.05) is 0 Å². The number of benzene rings is 2. The van der Waals surface area contributed by atoms with Crippen molar-refractivity contribution >= 4 is 28.5 Å². The largest absolute Gasteiger partial charge is 0.423 e. The molecule has 0 atom stereocenters. The molecular weight excluding hydrogens is 252 g/mol. The predicted octanol–water partition coefficient (Wildman–Crippen LogP) is 3.43. The Morgan fingerprint density at radius 3 is 2.74 bits per heavy atom. The summed E-state index contributed by atoms with van der Waals surface area (Å²) in [7, 11) is 0. The number of hydrogen-bond donors (Lipinski definition) is 2. The monoisotopic (exact) mass is 261 g/mol. The van der Waals surface area contributed by atoms with Crippen LogP contribution in [0.25, 0.3) is 11.1 Å². The molecule has 0 unspecified atom stereocenters. The number of nitrogens with two attached hydrogens (primary N) is 1. The number of anilines is 3. The maximum Gasteiger partial charge on any atom is 0.300 e. The molecule has 3 rings (SSSR count). The van der Waals surface area contributed by atoms with Crippen LogP contribution < -0.4 is 11.1 Å². The zero-order valence-electron chi connectivity index (χ0n) is 9.65. The summed E-state index contributed by atoms with van der Waals surface area (Å²) in [6.07, 6.45) is 0. The lowest BCUT2D eigenvalue weighted by Gasteiger charge is -2.02. The van der Waals surface area contributed by atoms with E-state index in [0.717, 1.165) is 12.1 Å². The quantitative estimate of drug-likeness (QED) is 0.694. The maximum atomic E-state index is 13.5. The number of nitrogen functional groups attached to an aromatic ring is 1. The van der Waals surface area contributed by atoms with Gasteiger partial charge in [0.05, 0.1) is 5.69 Å². The highest BCUT2D eigenvalue weighted by molar-refractivity contribution is 5.78. The summed E-state index contributed by atoms with van der Waals surface area (Å²) < 4.78 is 31.6. The van der Waals surface area contributed by atoms with Gasteiger partial charge in [-0.1, -0.05) is 0 Å². The minimum atomic E-state index is -0.721. The van der Waals surface area contributed by atoms with Crippen molar-refractivity contribution in [2.45, 2.75) is 0 Å². The van der Waals surface area contributed by atoms with Crippen LogP contribution in [0.2, 0.25) is 0 Å². The topological polar surface area (TPSA) is 64.1 Å². The highest BCUT2D eigenvalue weighted by Gasteiger charge is 2.09. The Morgan fingerprint density at radius 2 is 1.95 bits per heavy atom. The zero-order valence-corrected chi connectivity index (χ0v) is 9.65. The van der Waals surface area contributed by atoms with Crippen LogP contribution >= 0.6 is 0 Å². The highest BCUT2D eigenvalue weighted by atomic mass is 19.1. The fourth-order valence-electron chi connectivity index (χ4n) is 1.70. The molecule has 1 heterocycles. The molecule has 4 nitrogen and oxygen atoms in total. The normalized spacial score (nSPS) is 10.8. The second-order valence-electron chi connectivity index (χ2n) is 4.00. The average Bonchev–Trinajstić information content (AvgIpc) is 2.74. The Kier molecular flexibility index (Phi) is 2.56.